The van der Waals surface area contributed by atoms with Gasteiger partial charge < -0.3 is 9.84 Å². The first kappa shape index (κ1) is 13.5. The van der Waals surface area contributed by atoms with Crippen molar-refractivity contribution in [3.63, 3.8) is 0 Å². The van der Waals surface area contributed by atoms with Crippen LogP contribution >= 0.6 is 0 Å². The Morgan fingerprint density at radius 2 is 2.06 bits per heavy atom. The lowest BCUT2D eigenvalue weighted by atomic mass is 9.78. The second-order valence-corrected chi connectivity index (χ2v) is 4.73. The van der Waals surface area contributed by atoms with Gasteiger partial charge in [-0.05, 0) is 18.6 Å². The summed E-state index contributed by atoms with van der Waals surface area (Å²) < 4.78 is 18.7. The fourth-order valence-electron chi connectivity index (χ4n) is 2.16. The van der Waals surface area contributed by atoms with Crippen LogP contribution in [-0.4, -0.2) is 18.2 Å². The Bertz CT molecular complexity index is 439. The fraction of sp³-hybridized carbons (Fsp3) is 0.462. The van der Waals surface area contributed by atoms with E-state index in [1.54, 1.807) is 19.9 Å². The molecule has 0 unspecified atom stereocenters. The van der Waals surface area contributed by atoms with E-state index in [0.29, 0.717) is 5.56 Å². The lowest BCUT2D eigenvalue weighted by Gasteiger charge is -2.27. The predicted octanol–water partition coefficient (Wildman–Crippen LogP) is 2.90. The van der Waals surface area contributed by atoms with Gasteiger partial charge in [-0.3, -0.25) is 4.79 Å². The van der Waals surface area contributed by atoms with Crippen molar-refractivity contribution in [1.29, 1.82) is 0 Å². The zero-order valence-corrected chi connectivity index (χ0v) is 10.5. The molecule has 0 atom stereocenters. The van der Waals surface area contributed by atoms with E-state index in [1.165, 1.54) is 13.2 Å². The topological polar surface area (TPSA) is 46.5 Å². The minimum atomic E-state index is -0.916. The van der Waals surface area contributed by atoms with Crippen LogP contribution in [-0.2, 0) is 10.2 Å². The maximum Gasteiger partial charge on any atom is 0.304 e. The number of methoxy groups -OCH3 is 1. The third kappa shape index (κ3) is 2.75. The number of hydrogen-bond donors (Lipinski definition) is 1. The number of rotatable bonds is 4. The molecule has 4 heteroatoms. The van der Waals surface area contributed by atoms with Crippen molar-refractivity contribution in [2.45, 2.75) is 32.6 Å². The zero-order valence-electron chi connectivity index (χ0n) is 10.5. The monoisotopic (exact) mass is 240 g/mol. The van der Waals surface area contributed by atoms with E-state index >= 15 is 0 Å². The number of halogens is 1. The maximum absolute atomic E-state index is 13.6. The molecule has 17 heavy (non-hydrogen) atoms. The first-order valence-corrected chi connectivity index (χ1v) is 5.35. The number of carboxylic acid groups (broad SMARTS) is 1. The molecular formula is C13H17FO3. The van der Waals surface area contributed by atoms with Crippen LogP contribution in [0.3, 0.4) is 0 Å². The highest BCUT2D eigenvalue weighted by Crippen LogP contribution is 2.38. The molecular weight excluding hydrogens is 223 g/mol. The van der Waals surface area contributed by atoms with Crippen LogP contribution < -0.4 is 4.74 Å². The van der Waals surface area contributed by atoms with Crippen molar-refractivity contribution < 1.29 is 19.0 Å². The summed E-state index contributed by atoms with van der Waals surface area (Å²) in [6, 6.07) is 2.96. The van der Waals surface area contributed by atoms with Crippen LogP contribution in [0.15, 0.2) is 12.1 Å². The molecule has 0 aliphatic heterocycles. The Kier molecular flexibility index (Phi) is 3.76. The molecule has 0 saturated carbocycles. The average molecular weight is 240 g/mol. The van der Waals surface area contributed by atoms with E-state index in [2.05, 4.69) is 0 Å². The number of ether oxygens (including phenoxy) is 1. The average Bonchev–Trinajstić information content (AvgIpc) is 2.18. The Morgan fingerprint density at radius 1 is 1.47 bits per heavy atom. The van der Waals surface area contributed by atoms with Gasteiger partial charge in [-0.1, -0.05) is 19.9 Å². The molecule has 3 nitrogen and oxygen atoms in total. The number of aryl methyl sites for hydroxylation is 1. The van der Waals surface area contributed by atoms with Crippen LogP contribution in [0.4, 0.5) is 4.39 Å². The van der Waals surface area contributed by atoms with Crippen molar-refractivity contribution >= 4 is 5.97 Å². The van der Waals surface area contributed by atoms with Crippen LogP contribution in [0.1, 0.15) is 31.4 Å². The summed E-state index contributed by atoms with van der Waals surface area (Å²) in [5, 5.41) is 8.90. The number of aliphatic carboxylic acids is 1. The van der Waals surface area contributed by atoms with Crippen LogP contribution in [0.2, 0.25) is 0 Å². The smallest absolute Gasteiger partial charge is 0.304 e. The van der Waals surface area contributed by atoms with Gasteiger partial charge in [-0.15, -0.1) is 0 Å². The largest absolute Gasteiger partial charge is 0.493 e. The summed E-state index contributed by atoms with van der Waals surface area (Å²) in [6.45, 7) is 5.36. The van der Waals surface area contributed by atoms with E-state index in [9.17, 15) is 9.18 Å². The van der Waals surface area contributed by atoms with Gasteiger partial charge >= 0.3 is 5.97 Å². The van der Waals surface area contributed by atoms with Gasteiger partial charge in [-0.2, -0.15) is 0 Å². The Hall–Kier alpha value is -1.58. The first-order valence-electron chi connectivity index (χ1n) is 5.35. The van der Waals surface area contributed by atoms with E-state index < -0.39 is 17.2 Å². The van der Waals surface area contributed by atoms with Crippen LogP contribution in [0.25, 0.3) is 0 Å². The van der Waals surface area contributed by atoms with Crippen LogP contribution in [0.5, 0.6) is 5.75 Å². The Morgan fingerprint density at radius 3 is 2.53 bits per heavy atom. The lowest BCUT2D eigenvalue weighted by Crippen LogP contribution is -2.24. The standard InChI is InChI=1S/C13H17FO3/c1-8-5-6-9(14)12(17-4)11(8)13(2,3)7-10(15)16/h5-6H,7H2,1-4H3,(H,15,16). The summed E-state index contributed by atoms with van der Waals surface area (Å²) in [5.41, 5.74) is 0.764. The van der Waals surface area contributed by atoms with E-state index in [-0.39, 0.29) is 12.2 Å². The van der Waals surface area contributed by atoms with Crippen molar-refractivity contribution in [3.8, 4) is 5.75 Å². The highest BCUT2D eigenvalue weighted by atomic mass is 19.1. The summed E-state index contributed by atoms with van der Waals surface area (Å²) in [4.78, 5) is 10.8. The normalized spacial score (nSPS) is 11.4. The van der Waals surface area contributed by atoms with E-state index in [1.807, 2.05) is 6.92 Å². The number of carboxylic acids is 1. The number of benzene rings is 1. The molecule has 1 N–H and O–H groups in total. The summed E-state index contributed by atoms with van der Waals surface area (Å²) in [6.07, 6.45) is -0.0757. The first-order chi connectivity index (χ1) is 7.79. The molecule has 0 heterocycles. The SMILES string of the molecule is COc1c(F)ccc(C)c1C(C)(C)CC(=O)O. The van der Waals surface area contributed by atoms with Gasteiger partial charge in [-0.25, -0.2) is 4.39 Å². The summed E-state index contributed by atoms with van der Waals surface area (Å²) in [5.74, 6) is -1.25. The van der Waals surface area contributed by atoms with Gasteiger partial charge in [0.1, 0.15) is 0 Å². The molecule has 0 aromatic heterocycles. The summed E-state index contributed by atoms with van der Waals surface area (Å²) in [7, 11) is 1.39. The quantitative estimate of drug-likeness (QED) is 0.880. The molecule has 1 aromatic rings. The van der Waals surface area contributed by atoms with Gasteiger partial charge in [0.05, 0.1) is 13.5 Å². The molecule has 0 amide bonds. The van der Waals surface area contributed by atoms with E-state index in [0.717, 1.165) is 5.56 Å². The molecule has 94 valence electrons. The van der Waals surface area contributed by atoms with Gasteiger partial charge in [0.25, 0.3) is 0 Å². The molecule has 1 rings (SSSR count). The van der Waals surface area contributed by atoms with Crippen molar-refractivity contribution in [3.05, 3.63) is 29.1 Å². The molecule has 0 saturated heterocycles. The lowest BCUT2D eigenvalue weighted by molar-refractivity contribution is -0.138. The van der Waals surface area contributed by atoms with E-state index in [4.69, 9.17) is 9.84 Å². The van der Waals surface area contributed by atoms with Gasteiger partial charge in [0, 0.05) is 11.0 Å². The molecule has 0 spiro atoms. The van der Waals surface area contributed by atoms with Crippen molar-refractivity contribution in [1.82, 2.24) is 0 Å². The Labute approximate surface area is 100 Å². The molecule has 1 aromatic carbocycles. The minimum Gasteiger partial charge on any atom is -0.493 e. The fourth-order valence-corrected chi connectivity index (χ4v) is 2.16. The summed E-state index contributed by atoms with van der Waals surface area (Å²) >= 11 is 0. The third-order valence-electron chi connectivity index (χ3n) is 2.79. The highest BCUT2D eigenvalue weighted by Gasteiger charge is 2.30. The molecule has 0 radical (unpaired) electrons. The number of hydrogen-bond acceptors (Lipinski definition) is 2. The number of carbonyl (C=O) groups is 1. The molecule has 0 bridgehead atoms. The highest BCUT2D eigenvalue weighted by molar-refractivity contribution is 5.69. The second kappa shape index (κ2) is 4.73. The van der Waals surface area contributed by atoms with Crippen LogP contribution in [0, 0.1) is 12.7 Å². The molecule has 0 aliphatic carbocycles. The van der Waals surface area contributed by atoms with Gasteiger partial charge in [0.2, 0.25) is 0 Å². The van der Waals surface area contributed by atoms with Crippen molar-refractivity contribution in [2.24, 2.45) is 0 Å². The molecule has 0 fully saturated rings. The predicted molar refractivity (Wildman–Crippen MR) is 63.0 cm³/mol. The maximum atomic E-state index is 13.6. The minimum absolute atomic E-state index is 0.0757. The van der Waals surface area contributed by atoms with Gasteiger partial charge in [0.15, 0.2) is 11.6 Å². The Balaban J connectivity index is 3.38. The second-order valence-electron chi connectivity index (χ2n) is 4.73. The molecule has 0 aliphatic rings. The third-order valence-corrected chi connectivity index (χ3v) is 2.79. The zero-order chi connectivity index (χ0) is 13.2. The van der Waals surface area contributed by atoms with Crippen molar-refractivity contribution in [2.75, 3.05) is 7.11 Å².